The van der Waals surface area contributed by atoms with E-state index in [2.05, 4.69) is 32.7 Å². The van der Waals surface area contributed by atoms with E-state index in [0.717, 1.165) is 12.8 Å². The van der Waals surface area contributed by atoms with Gasteiger partial charge in [-0.2, -0.15) is 0 Å². The van der Waals surface area contributed by atoms with Crippen molar-refractivity contribution in [2.45, 2.75) is 19.8 Å². The summed E-state index contributed by atoms with van der Waals surface area (Å²) in [5.74, 6) is -0.440. The van der Waals surface area contributed by atoms with Gasteiger partial charge in [0.15, 0.2) is 0 Å². The molecule has 4 rings (SSSR count). The number of fused-ring (bicyclic) bond motifs is 1. The summed E-state index contributed by atoms with van der Waals surface area (Å²) >= 11 is 0. The first-order valence-corrected chi connectivity index (χ1v) is 10.7. The standard InChI is InChI=1S/C26H24N4O3/c1-17(31)28-21-12-6-5-11-20(21)24-26(33)30-23-16-19(13-14-22(23)29-24)25(32)27-15-7-10-18-8-3-2-4-9-18/h2-6,8-9,11-14,16H,7,10,15H2,1H3,(H,27,32)(H,28,31)(H,30,33). The molecule has 0 fully saturated rings. The molecule has 1 aromatic heterocycles. The molecular formula is C26H24N4O3. The molecule has 0 spiro atoms. The molecule has 0 aliphatic carbocycles. The van der Waals surface area contributed by atoms with Gasteiger partial charge < -0.3 is 15.6 Å². The van der Waals surface area contributed by atoms with Gasteiger partial charge in [0.25, 0.3) is 11.5 Å². The van der Waals surface area contributed by atoms with Gasteiger partial charge in [0.2, 0.25) is 5.91 Å². The van der Waals surface area contributed by atoms with Crippen LogP contribution in [0.1, 0.15) is 29.3 Å². The van der Waals surface area contributed by atoms with Crippen LogP contribution in [0.2, 0.25) is 0 Å². The molecule has 7 nitrogen and oxygen atoms in total. The Kier molecular flexibility index (Phi) is 6.59. The van der Waals surface area contributed by atoms with Crippen molar-refractivity contribution in [1.29, 1.82) is 0 Å². The minimum absolute atomic E-state index is 0.199. The van der Waals surface area contributed by atoms with Gasteiger partial charge in [0.1, 0.15) is 5.69 Å². The molecule has 2 amide bonds. The van der Waals surface area contributed by atoms with Gasteiger partial charge >= 0.3 is 0 Å². The summed E-state index contributed by atoms with van der Waals surface area (Å²) in [5.41, 5.74) is 3.53. The van der Waals surface area contributed by atoms with Crippen molar-refractivity contribution in [3.63, 3.8) is 0 Å². The van der Waals surface area contributed by atoms with Crippen LogP contribution in [0.15, 0.2) is 77.6 Å². The molecule has 7 heteroatoms. The zero-order valence-electron chi connectivity index (χ0n) is 18.2. The number of H-pyrrole nitrogens is 1. The lowest BCUT2D eigenvalue weighted by Gasteiger charge is -2.10. The van der Waals surface area contributed by atoms with Crippen molar-refractivity contribution in [3.8, 4) is 11.3 Å². The van der Waals surface area contributed by atoms with Crippen LogP contribution in [0.25, 0.3) is 22.3 Å². The quantitative estimate of drug-likeness (QED) is 0.379. The number of benzene rings is 3. The largest absolute Gasteiger partial charge is 0.352 e. The van der Waals surface area contributed by atoms with E-state index in [9.17, 15) is 14.4 Å². The Hall–Kier alpha value is -4.26. The van der Waals surface area contributed by atoms with Crippen LogP contribution in [0.4, 0.5) is 5.69 Å². The molecule has 4 aromatic rings. The minimum Gasteiger partial charge on any atom is -0.352 e. The first-order valence-electron chi connectivity index (χ1n) is 10.7. The predicted octanol–water partition coefficient (Wildman–Crippen LogP) is 3.91. The number of hydrogen-bond donors (Lipinski definition) is 3. The molecule has 1 heterocycles. The number of nitrogens with one attached hydrogen (secondary N) is 3. The lowest BCUT2D eigenvalue weighted by atomic mass is 10.1. The van der Waals surface area contributed by atoms with E-state index in [1.807, 2.05) is 18.2 Å². The van der Waals surface area contributed by atoms with E-state index in [4.69, 9.17) is 0 Å². The summed E-state index contributed by atoms with van der Waals surface area (Å²) in [6, 6.07) is 22.1. The number of amides is 2. The van der Waals surface area contributed by atoms with E-state index >= 15 is 0 Å². The number of carbonyl (C=O) groups is 2. The highest BCUT2D eigenvalue weighted by atomic mass is 16.2. The van der Waals surface area contributed by atoms with Crippen LogP contribution in [-0.4, -0.2) is 28.3 Å². The van der Waals surface area contributed by atoms with Gasteiger partial charge in [-0.25, -0.2) is 4.98 Å². The second-order valence-corrected chi connectivity index (χ2v) is 7.72. The third-order valence-electron chi connectivity index (χ3n) is 5.22. The molecule has 0 bridgehead atoms. The van der Waals surface area contributed by atoms with Gasteiger partial charge in [-0.05, 0) is 42.7 Å². The third-order valence-corrected chi connectivity index (χ3v) is 5.22. The molecule has 166 valence electrons. The molecule has 3 aromatic carbocycles. The fraction of sp³-hybridized carbons (Fsp3) is 0.154. The first-order chi connectivity index (χ1) is 16.0. The Labute approximate surface area is 190 Å². The van der Waals surface area contributed by atoms with Gasteiger partial charge in [0, 0.05) is 24.6 Å². The van der Waals surface area contributed by atoms with Crippen LogP contribution in [0.5, 0.6) is 0 Å². The molecule has 3 N–H and O–H groups in total. The maximum absolute atomic E-state index is 12.8. The average molecular weight is 441 g/mol. The summed E-state index contributed by atoms with van der Waals surface area (Å²) in [7, 11) is 0. The maximum atomic E-state index is 12.8. The molecule has 0 radical (unpaired) electrons. The number of aromatic amines is 1. The van der Waals surface area contributed by atoms with Crippen molar-refractivity contribution in [3.05, 3.63) is 94.3 Å². The van der Waals surface area contributed by atoms with Crippen LogP contribution < -0.4 is 16.2 Å². The van der Waals surface area contributed by atoms with Crippen LogP contribution in [-0.2, 0) is 11.2 Å². The first kappa shape index (κ1) is 22.0. The highest BCUT2D eigenvalue weighted by Gasteiger charge is 2.14. The summed E-state index contributed by atoms with van der Waals surface area (Å²) in [6.07, 6.45) is 1.72. The summed E-state index contributed by atoms with van der Waals surface area (Å²) in [6.45, 7) is 1.96. The van der Waals surface area contributed by atoms with Crippen molar-refractivity contribution in [2.75, 3.05) is 11.9 Å². The monoisotopic (exact) mass is 440 g/mol. The summed E-state index contributed by atoms with van der Waals surface area (Å²) < 4.78 is 0. The Bertz CT molecular complexity index is 1360. The van der Waals surface area contributed by atoms with E-state index in [1.54, 1.807) is 42.5 Å². The summed E-state index contributed by atoms with van der Waals surface area (Å²) in [4.78, 5) is 44.1. The van der Waals surface area contributed by atoms with E-state index in [0.29, 0.717) is 34.4 Å². The Balaban J connectivity index is 1.50. The number of aryl methyl sites for hydroxylation is 1. The van der Waals surface area contributed by atoms with Crippen LogP contribution in [0, 0.1) is 0 Å². The fourth-order valence-corrected chi connectivity index (χ4v) is 3.64. The minimum atomic E-state index is -0.402. The van der Waals surface area contributed by atoms with E-state index in [1.165, 1.54) is 12.5 Å². The molecular weight excluding hydrogens is 416 g/mol. The molecule has 0 atom stereocenters. The molecule has 33 heavy (non-hydrogen) atoms. The van der Waals surface area contributed by atoms with Crippen LogP contribution in [0.3, 0.4) is 0 Å². The highest BCUT2D eigenvalue weighted by molar-refractivity contribution is 5.98. The Morgan fingerprint density at radius 3 is 2.52 bits per heavy atom. The molecule has 0 unspecified atom stereocenters. The number of carbonyl (C=O) groups excluding carboxylic acids is 2. The second-order valence-electron chi connectivity index (χ2n) is 7.72. The van der Waals surface area contributed by atoms with Gasteiger partial charge in [0.05, 0.1) is 16.7 Å². The van der Waals surface area contributed by atoms with Crippen molar-refractivity contribution >= 4 is 28.5 Å². The van der Waals surface area contributed by atoms with Crippen molar-refractivity contribution in [1.82, 2.24) is 15.3 Å². The topological polar surface area (TPSA) is 104 Å². The maximum Gasteiger partial charge on any atom is 0.275 e. The molecule has 0 saturated heterocycles. The zero-order chi connectivity index (χ0) is 23.2. The number of aromatic nitrogens is 2. The number of hydrogen-bond acceptors (Lipinski definition) is 4. The van der Waals surface area contributed by atoms with Gasteiger partial charge in [-0.1, -0.05) is 48.5 Å². The number of para-hydroxylation sites is 1. The molecule has 0 saturated carbocycles. The van der Waals surface area contributed by atoms with E-state index < -0.39 is 5.56 Å². The third kappa shape index (κ3) is 5.33. The van der Waals surface area contributed by atoms with Crippen LogP contribution >= 0.6 is 0 Å². The lowest BCUT2D eigenvalue weighted by molar-refractivity contribution is -0.114. The second kappa shape index (κ2) is 9.91. The fourth-order valence-electron chi connectivity index (χ4n) is 3.64. The Morgan fingerprint density at radius 2 is 1.73 bits per heavy atom. The number of nitrogens with zero attached hydrogens (tertiary/aromatic N) is 1. The number of anilines is 1. The highest BCUT2D eigenvalue weighted by Crippen LogP contribution is 2.25. The zero-order valence-corrected chi connectivity index (χ0v) is 18.2. The van der Waals surface area contributed by atoms with Gasteiger partial charge in [-0.3, -0.25) is 14.4 Å². The smallest absolute Gasteiger partial charge is 0.275 e. The van der Waals surface area contributed by atoms with Crippen molar-refractivity contribution < 1.29 is 9.59 Å². The normalized spacial score (nSPS) is 10.7. The number of rotatable bonds is 7. The lowest BCUT2D eigenvalue weighted by Crippen LogP contribution is -2.25. The SMILES string of the molecule is CC(=O)Nc1ccccc1-c1nc2ccc(C(=O)NCCCc3ccccc3)cc2[nH]c1=O. The molecule has 0 aliphatic heterocycles. The summed E-state index contributed by atoms with van der Waals surface area (Å²) in [5, 5.41) is 5.64. The average Bonchev–Trinajstić information content (AvgIpc) is 2.82. The molecule has 0 aliphatic rings. The van der Waals surface area contributed by atoms with Crippen molar-refractivity contribution in [2.24, 2.45) is 0 Å². The van der Waals surface area contributed by atoms with E-state index in [-0.39, 0.29) is 17.5 Å². The predicted molar refractivity (Wildman–Crippen MR) is 129 cm³/mol. The van der Waals surface area contributed by atoms with Gasteiger partial charge in [-0.15, -0.1) is 0 Å². The Morgan fingerprint density at radius 1 is 0.970 bits per heavy atom.